The molecule has 2 N–H and O–H groups in total. The van der Waals surface area contributed by atoms with Crippen molar-refractivity contribution in [2.75, 3.05) is 5.32 Å². The number of aryl methyl sites for hydroxylation is 2. The van der Waals surface area contributed by atoms with Gasteiger partial charge in [0, 0.05) is 6.54 Å². The highest BCUT2D eigenvalue weighted by atomic mass is 16.1. The first kappa shape index (κ1) is 16.2. The van der Waals surface area contributed by atoms with Crippen LogP contribution in [0.3, 0.4) is 0 Å². The average molecular weight is 325 g/mol. The molecule has 0 aliphatic heterocycles. The smallest absolute Gasteiger partial charge is 0.263 e. The van der Waals surface area contributed by atoms with Crippen molar-refractivity contribution in [3.63, 3.8) is 0 Å². The van der Waals surface area contributed by atoms with Gasteiger partial charge in [-0.2, -0.15) is 10.1 Å². The van der Waals surface area contributed by atoms with Gasteiger partial charge in [0.15, 0.2) is 5.65 Å². The highest BCUT2D eigenvalue weighted by Gasteiger charge is 2.19. The number of fused-ring (bicyclic) bond motifs is 1. The number of nitrogens with zero attached hydrogens (tertiary/aromatic N) is 3. The van der Waals surface area contributed by atoms with Crippen LogP contribution < -0.4 is 10.9 Å². The third kappa shape index (κ3) is 3.04. The van der Waals surface area contributed by atoms with E-state index in [-0.39, 0.29) is 11.1 Å². The van der Waals surface area contributed by atoms with Gasteiger partial charge in [0.25, 0.3) is 5.56 Å². The Hall–Kier alpha value is -2.63. The Labute approximate surface area is 140 Å². The van der Waals surface area contributed by atoms with Crippen molar-refractivity contribution in [2.24, 2.45) is 0 Å². The summed E-state index contributed by atoms with van der Waals surface area (Å²) in [7, 11) is 0. The molecule has 0 spiro atoms. The van der Waals surface area contributed by atoms with Gasteiger partial charge in [0.1, 0.15) is 5.39 Å². The van der Waals surface area contributed by atoms with Crippen molar-refractivity contribution in [1.82, 2.24) is 19.7 Å². The molecule has 0 saturated carbocycles. The molecule has 3 rings (SSSR count). The van der Waals surface area contributed by atoms with Gasteiger partial charge in [-0.15, -0.1) is 0 Å². The molecule has 1 aromatic carbocycles. The molecule has 0 fully saturated rings. The van der Waals surface area contributed by atoms with E-state index in [2.05, 4.69) is 52.4 Å². The van der Waals surface area contributed by atoms with E-state index >= 15 is 0 Å². The molecule has 6 nitrogen and oxygen atoms in total. The molecule has 0 saturated heterocycles. The second-order valence-electron chi connectivity index (χ2n) is 7.16. The molecule has 2 heterocycles. The number of hydrogen-bond acceptors (Lipinski definition) is 4. The number of H-pyrrole nitrogens is 1. The van der Waals surface area contributed by atoms with Crippen LogP contribution in [0.5, 0.6) is 0 Å². The lowest BCUT2D eigenvalue weighted by Crippen LogP contribution is -2.24. The monoisotopic (exact) mass is 325 g/mol. The standard InChI is InChI=1S/C18H23N5O/c1-11-6-7-13(12(2)8-11)9-19-17-21-15-14(16(24)22-17)10-20-23(15)18(3,4)5/h6-8,10H,9H2,1-5H3,(H2,19,21,22,24). The molecule has 0 bridgehead atoms. The summed E-state index contributed by atoms with van der Waals surface area (Å²) < 4.78 is 1.78. The van der Waals surface area contributed by atoms with Crippen LogP contribution in [0.4, 0.5) is 5.95 Å². The fourth-order valence-corrected chi connectivity index (χ4v) is 2.72. The summed E-state index contributed by atoms with van der Waals surface area (Å²) in [4.78, 5) is 19.6. The van der Waals surface area contributed by atoms with Crippen LogP contribution in [0.1, 0.15) is 37.5 Å². The van der Waals surface area contributed by atoms with Crippen LogP contribution in [-0.4, -0.2) is 19.7 Å². The SMILES string of the molecule is Cc1ccc(CNc2nc3c(cnn3C(C)(C)C)c(=O)[nH]2)c(C)c1. The third-order valence-electron chi connectivity index (χ3n) is 4.02. The molecular weight excluding hydrogens is 302 g/mol. The number of aromatic amines is 1. The molecule has 3 aromatic rings. The summed E-state index contributed by atoms with van der Waals surface area (Å²) in [5, 5.41) is 8.03. The summed E-state index contributed by atoms with van der Waals surface area (Å²) >= 11 is 0. The van der Waals surface area contributed by atoms with E-state index in [1.165, 1.54) is 16.7 Å². The Balaban J connectivity index is 1.94. The van der Waals surface area contributed by atoms with Gasteiger partial charge in [-0.3, -0.25) is 9.78 Å². The molecule has 2 aromatic heterocycles. The van der Waals surface area contributed by atoms with E-state index in [0.717, 1.165) is 0 Å². The number of anilines is 1. The maximum Gasteiger partial charge on any atom is 0.263 e. The van der Waals surface area contributed by atoms with Crippen LogP contribution in [0, 0.1) is 13.8 Å². The minimum atomic E-state index is -0.243. The van der Waals surface area contributed by atoms with Crippen molar-refractivity contribution < 1.29 is 0 Å². The van der Waals surface area contributed by atoms with Crippen LogP contribution in [0.15, 0.2) is 29.2 Å². The predicted molar refractivity (Wildman–Crippen MR) is 96.4 cm³/mol. The van der Waals surface area contributed by atoms with Gasteiger partial charge in [0.05, 0.1) is 11.7 Å². The first-order valence-corrected chi connectivity index (χ1v) is 8.04. The van der Waals surface area contributed by atoms with E-state index in [0.29, 0.717) is 23.5 Å². The summed E-state index contributed by atoms with van der Waals surface area (Å²) in [6, 6.07) is 6.32. The first-order chi connectivity index (χ1) is 11.3. The maximum absolute atomic E-state index is 12.3. The summed E-state index contributed by atoms with van der Waals surface area (Å²) in [5.41, 5.74) is 3.79. The Bertz CT molecular complexity index is 946. The summed E-state index contributed by atoms with van der Waals surface area (Å²) in [6.07, 6.45) is 1.57. The molecule has 0 aliphatic carbocycles. The van der Waals surface area contributed by atoms with Gasteiger partial charge in [-0.05, 0) is 45.7 Å². The van der Waals surface area contributed by atoms with E-state index in [4.69, 9.17) is 0 Å². The second-order valence-corrected chi connectivity index (χ2v) is 7.16. The Morgan fingerprint density at radius 1 is 1.25 bits per heavy atom. The highest BCUT2D eigenvalue weighted by Crippen LogP contribution is 2.19. The van der Waals surface area contributed by atoms with Crippen LogP contribution in [-0.2, 0) is 12.1 Å². The molecule has 0 radical (unpaired) electrons. The van der Waals surface area contributed by atoms with E-state index < -0.39 is 0 Å². The van der Waals surface area contributed by atoms with Gasteiger partial charge in [-0.1, -0.05) is 23.8 Å². The minimum absolute atomic E-state index is 0.182. The molecule has 0 amide bonds. The van der Waals surface area contributed by atoms with E-state index in [1.807, 2.05) is 20.8 Å². The van der Waals surface area contributed by atoms with Gasteiger partial charge < -0.3 is 5.32 Å². The normalized spacial score (nSPS) is 11.9. The lowest BCUT2D eigenvalue weighted by atomic mass is 10.1. The minimum Gasteiger partial charge on any atom is -0.352 e. The molecular formula is C18H23N5O. The van der Waals surface area contributed by atoms with Gasteiger partial charge in [0.2, 0.25) is 5.95 Å². The average Bonchev–Trinajstić information content (AvgIpc) is 2.91. The summed E-state index contributed by atoms with van der Waals surface area (Å²) in [6.45, 7) is 10.9. The zero-order chi connectivity index (χ0) is 17.5. The molecule has 0 aliphatic rings. The van der Waals surface area contributed by atoms with Crippen molar-refractivity contribution in [3.05, 3.63) is 51.4 Å². The fraction of sp³-hybridized carbons (Fsp3) is 0.389. The number of benzene rings is 1. The van der Waals surface area contributed by atoms with E-state index in [9.17, 15) is 4.79 Å². The number of hydrogen-bond donors (Lipinski definition) is 2. The molecule has 6 heteroatoms. The number of nitrogens with one attached hydrogen (secondary N) is 2. The Kier molecular flexibility index (Phi) is 3.91. The summed E-state index contributed by atoms with van der Waals surface area (Å²) in [5.74, 6) is 0.457. The molecule has 126 valence electrons. The predicted octanol–water partition coefficient (Wildman–Crippen LogP) is 3.10. The zero-order valence-corrected chi connectivity index (χ0v) is 14.8. The first-order valence-electron chi connectivity index (χ1n) is 8.04. The maximum atomic E-state index is 12.3. The molecule has 24 heavy (non-hydrogen) atoms. The van der Waals surface area contributed by atoms with Crippen molar-refractivity contribution >= 4 is 17.0 Å². The highest BCUT2D eigenvalue weighted by molar-refractivity contribution is 5.74. The van der Waals surface area contributed by atoms with Crippen LogP contribution >= 0.6 is 0 Å². The second kappa shape index (κ2) is 5.78. The quantitative estimate of drug-likeness (QED) is 0.776. The number of aromatic nitrogens is 4. The van der Waals surface area contributed by atoms with Crippen molar-refractivity contribution in [3.8, 4) is 0 Å². The largest absolute Gasteiger partial charge is 0.352 e. The number of rotatable bonds is 3. The van der Waals surface area contributed by atoms with Crippen molar-refractivity contribution in [2.45, 2.75) is 46.7 Å². The van der Waals surface area contributed by atoms with Crippen LogP contribution in [0.2, 0.25) is 0 Å². The Morgan fingerprint density at radius 3 is 2.67 bits per heavy atom. The lowest BCUT2D eigenvalue weighted by molar-refractivity contribution is 0.366. The van der Waals surface area contributed by atoms with Gasteiger partial charge >= 0.3 is 0 Å². The third-order valence-corrected chi connectivity index (χ3v) is 4.02. The van der Waals surface area contributed by atoms with Crippen LogP contribution in [0.25, 0.3) is 11.0 Å². The molecule has 0 unspecified atom stereocenters. The Morgan fingerprint density at radius 2 is 2.00 bits per heavy atom. The topological polar surface area (TPSA) is 75.6 Å². The van der Waals surface area contributed by atoms with Gasteiger partial charge in [-0.25, -0.2) is 4.68 Å². The lowest BCUT2D eigenvalue weighted by Gasteiger charge is -2.19. The zero-order valence-electron chi connectivity index (χ0n) is 14.8. The molecule has 0 atom stereocenters. The van der Waals surface area contributed by atoms with Crippen molar-refractivity contribution in [1.29, 1.82) is 0 Å². The fourth-order valence-electron chi connectivity index (χ4n) is 2.72. The van der Waals surface area contributed by atoms with E-state index in [1.54, 1.807) is 10.9 Å².